The first-order valence-corrected chi connectivity index (χ1v) is 6.13. The van der Waals surface area contributed by atoms with E-state index in [2.05, 4.69) is 22.4 Å². The van der Waals surface area contributed by atoms with E-state index in [1.165, 1.54) is 18.4 Å². The van der Waals surface area contributed by atoms with Crippen LogP contribution in [0.2, 0.25) is 0 Å². The van der Waals surface area contributed by atoms with Gasteiger partial charge in [0.2, 0.25) is 0 Å². The summed E-state index contributed by atoms with van der Waals surface area (Å²) >= 11 is 0. The van der Waals surface area contributed by atoms with Crippen LogP contribution in [0.25, 0.3) is 0 Å². The molecule has 1 N–H and O–H groups in total. The van der Waals surface area contributed by atoms with Gasteiger partial charge in [0.25, 0.3) is 0 Å². The smallest absolute Gasteiger partial charge is 0.0623 e. The number of ether oxygens (including phenoxy) is 1. The van der Waals surface area contributed by atoms with E-state index in [-0.39, 0.29) is 0 Å². The molecule has 2 atom stereocenters. The zero-order valence-corrected chi connectivity index (χ0v) is 9.43. The maximum Gasteiger partial charge on any atom is 0.0623 e. The highest BCUT2D eigenvalue weighted by atomic mass is 16.5. The molecule has 0 radical (unpaired) electrons. The van der Waals surface area contributed by atoms with Crippen molar-refractivity contribution in [3.63, 3.8) is 0 Å². The summed E-state index contributed by atoms with van der Waals surface area (Å²) in [6.45, 7) is 2.77. The molecule has 0 spiro atoms. The lowest BCUT2D eigenvalue weighted by Gasteiger charge is -2.18. The van der Waals surface area contributed by atoms with Gasteiger partial charge < -0.3 is 10.1 Å². The summed E-state index contributed by atoms with van der Waals surface area (Å²) in [5.74, 6) is 1.68. The first-order valence-electron chi connectivity index (χ1n) is 6.13. The Labute approximate surface area is 96.2 Å². The lowest BCUT2D eigenvalue weighted by Crippen LogP contribution is -2.36. The zero-order valence-electron chi connectivity index (χ0n) is 9.43. The first-order chi connectivity index (χ1) is 7.93. The second-order valence-corrected chi connectivity index (χ2v) is 4.88. The molecule has 2 aliphatic rings. The van der Waals surface area contributed by atoms with Gasteiger partial charge in [-0.2, -0.15) is 0 Å². The van der Waals surface area contributed by atoms with Crippen molar-refractivity contribution in [2.24, 2.45) is 11.8 Å². The van der Waals surface area contributed by atoms with Gasteiger partial charge >= 0.3 is 0 Å². The minimum Gasteiger partial charge on any atom is -0.379 e. The van der Waals surface area contributed by atoms with Crippen molar-refractivity contribution >= 4 is 0 Å². The fraction of sp³-hybridized carbons (Fsp3) is 0.615. The second-order valence-electron chi connectivity index (χ2n) is 4.88. The molecule has 16 heavy (non-hydrogen) atoms. The third kappa shape index (κ3) is 2.25. The highest BCUT2D eigenvalue weighted by Crippen LogP contribution is 2.40. The van der Waals surface area contributed by atoms with Crippen molar-refractivity contribution in [2.45, 2.75) is 25.4 Å². The third-order valence-corrected chi connectivity index (χ3v) is 3.67. The van der Waals surface area contributed by atoms with Crippen LogP contribution < -0.4 is 5.32 Å². The fourth-order valence-electron chi connectivity index (χ4n) is 2.52. The first kappa shape index (κ1) is 10.2. The molecule has 3 heteroatoms. The topological polar surface area (TPSA) is 34.1 Å². The summed E-state index contributed by atoms with van der Waals surface area (Å²) in [4.78, 5) is 4.03. The molecular weight excluding hydrogens is 200 g/mol. The van der Waals surface area contributed by atoms with Crippen molar-refractivity contribution in [3.05, 3.63) is 30.1 Å². The Morgan fingerprint density at radius 3 is 2.81 bits per heavy atom. The fourth-order valence-corrected chi connectivity index (χ4v) is 2.52. The van der Waals surface area contributed by atoms with Crippen LogP contribution in [0.1, 0.15) is 18.4 Å². The van der Waals surface area contributed by atoms with Crippen LogP contribution in [0.4, 0.5) is 0 Å². The molecule has 1 aromatic heterocycles. The molecule has 2 fully saturated rings. The van der Waals surface area contributed by atoms with E-state index in [1.807, 2.05) is 12.4 Å². The van der Waals surface area contributed by atoms with Crippen molar-refractivity contribution in [3.8, 4) is 0 Å². The highest BCUT2D eigenvalue weighted by molar-refractivity contribution is 5.09. The molecule has 1 aromatic rings. The number of hydrogen-bond acceptors (Lipinski definition) is 3. The number of aromatic nitrogens is 1. The van der Waals surface area contributed by atoms with E-state index in [4.69, 9.17) is 4.74 Å². The minimum absolute atomic E-state index is 0.556. The van der Waals surface area contributed by atoms with Crippen LogP contribution in [0.5, 0.6) is 0 Å². The summed E-state index contributed by atoms with van der Waals surface area (Å²) in [5, 5.41) is 3.62. The number of rotatable bonds is 4. The Morgan fingerprint density at radius 1 is 1.25 bits per heavy atom. The largest absolute Gasteiger partial charge is 0.379 e. The molecule has 0 bridgehead atoms. The molecule has 1 saturated carbocycles. The van der Waals surface area contributed by atoms with E-state index in [1.54, 1.807) is 0 Å². The summed E-state index contributed by atoms with van der Waals surface area (Å²) in [7, 11) is 0. The van der Waals surface area contributed by atoms with Crippen molar-refractivity contribution < 1.29 is 4.74 Å². The van der Waals surface area contributed by atoms with Crippen molar-refractivity contribution in [1.82, 2.24) is 10.3 Å². The molecule has 1 saturated heterocycles. The normalized spacial score (nSPS) is 29.5. The van der Waals surface area contributed by atoms with Crippen LogP contribution in [0.15, 0.2) is 24.5 Å². The van der Waals surface area contributed by atoms with Crippen LogP contribution in [0.3, 0.4) is 0 Å². The monoisotopic (exact) mass is 218 g/mol. The van der Waals surface area contributed by atoms with Gasteiger partial charge in [-0.1, -0.05) is 0 Å². The predicted octanol–water partition coefficient (Wildman–Crippen LogP) is 1.60. The standard InChI is InChI=1S/C13H18N2O/c1-2-11(1)12-8-16-9-13(12)15-7-10-3-5-14-6-4-10/h3-6,11-13,15H,1-2,7-9H2. The molecule has 2 unspecified atom stereocenters. The molecule has 0 aromatic carbocycles. The van der Waals surface area contributed by atoms with Crippen molar-refractivity contribution in [1.29, 1.82) is 0 Å². The zero-order chi connectivity index (χ0) is 10.8. The lowest BCUT2D eigenvalue weighted by molar-refractivity contribution is 0.180. The van der Waals surface area contributed by atoms with Gasteiger partial charge in [0, 0.05) is 30.9 Å². The van der Waals surface area contributed by atoms with Gasteiger partial charge in [-0.05, 0) is 36.5 Å². The van der Waals surface area contributed by atoms with Crippen molar-refractivity contribution in [2.75, 3.05) is 13.2 Å². The molecule has 2 heterocycles. The molecule has 3 nitrogen and oxygen atoms in total. The van der Waals surface area contributed by atoms with Gasteiger partial charge in [0.15, 0.2) is 0 Å². The average molecular weight is 218 g/mol. The van der Waals surface area contributed by atoms with E-state index in [0.29, 0.717) is 6.04 Å². The molecule has 1 aliphatic carbocycles. The molecular formula is C13H18N2O. The number of nitrogens with one attached hydrogen (secondary N) is 1. The van der Waals surface area contributed by atoms with Crippen LogP contribution in [0, 0.1) is 11.8 Å². The Morgan fingerprint density at radius 2 is 2.06 bits per heavy atom. The SMILES string of the molecule is c1cc(CNC2COCC2C2CC2)ccn1. The van der Waals surface area contributed by atoms with Gasteiger partial charge in [0.05, 0.1) is 13.2 Å². The van der Waals surface area contributed by atoms with Crippen LogP contribution in [-0.2, 0) is 11.3 Å². The highest BCUT2D eigenvalue weighted by Gasteiger charge is 2.39. The summed E-state index contributed by atoms with van der Waals surface area (Å²) in [6.07, 6.45) is 6.50. The maximum atomic E-state index is 5.58. The number of nitrogens with zero attached hydrogens (tertiary/aromatic N) is 1. The van der Waals surface area contributed by atoms with Gasteiger partial charge in [0.1, 0.15) is 0 Å². The summed E-state index contributed by atoms with van der Waals surface area (Å²) in [6, 6.07) is 4.69. The Bertz CT molecular complexity index is 337. The molecule has 86 valence electrons. The number of hydrogen-bond donors (Lipinski definition) is 1. The molecule has 3 rings (SSSR count). The van der Waals surface area contributed by atoms with Gasteiger partial charge in [-0.15, -0.1) is 0 Å². The maximum absolute atomic E-state index is 5.58. The summed E-state index contributed by atoms with van der Waals surface area (Å²) in [5.41, 5.74) is 1.30. The Hall–Kier alpha value is -0.930. The predicted molar refractivity (Wildman–Crippen MR) is 61.9 cm³/mol. The molecule has 0 amide bonds. The van der Waals surface area contributed by atoms with E-state index >= 15 is 0 Å². The third-order valence-electron chi connectivity index (χ3n) is 3.67. The quantitative estimate of drug-likeness (QED) is 0.833. The lowest BCUT2D eigenvalue weighted by atomic mass is 9.98. The van der Waals surface area contributed by atoms with E-state index in [9.17, 15) is 0 Å². The molecule has 1 aliphatic heterocycles. The summed E-state index contributed by atoms with van der Waals surface area (Å²) < 4.78 is 5.58. The minimum atomic E-state index is 0.556. The number of pyridine rings is 1. The average Bonchev–Trinajstić information content (AvgIpc) is 3.07. The van der Waals surface area contributed by atoms with Crippen LogP contribution >= 0.6 is 0 Å². The second kappa shape index (κ2) is 4.52. The van der Waals surface area contributed by atoms with Crippen LogP contribution in [-0.4, -0.2) is 24.2 Å². The van der Waals surface area contributed by atoms with Gasteiger partial charge in [-0.3, -0.25) is 4.98 Å². The van der Waals surface area contributed by atoms with E-state index < -0.39 is 0 Å². The van der Waals surface area contributed by atoms with E-state index in [0.717, 1.165) is 31.6 Å². The Balaban J connectivity index is 1.54. The van der Waals surface area contributed by atoms with Gasteiger partial charge in [-0.25, -0.2) is 0 Å². The Kier molecular flexibility index (Phi) is 2.89.